The highest BCUT2D eigenvalue weighted by Crippen LogP contribution is 2.37. The molecular weight excluding hydrogens is 500 g/mol. The van der Waals surface area contributed by atoms with Crippen LogP contribution in [-0.2, 0) is 16.4 Å². The number of thiophene rings is 1. The zero-order chi connectivity index (χ0) is 24.4. The average Bonchev–Trinajstić information content (AvgIpc) is 3.40. The van der Waals surface area contributed by atoms with Gasteiger partial charge in [-0.25, -0.2) is 13.1 Å². The maximum atomic E-state index is 12.0. The summed E-state index contributed by atoms with van der Waals surface area (Å²) < 4.78 is 26.0. The van der Waals surface area contributed by atoms with Crippen molar-refractivity contribution in [1.29, 1.82) is 0 Å². The molecular formula is C26H27ClN4O2S2. The quantitative estimate of drug-likeness (QED) is 0.378. The van der Waals surface area contributed by atoms with E-state index in [9.17, 15) is 8.42 Å². The molecule has 5 rings (SSSR count). The van der Waals surface area contributed by atoms with Crippen LogP contribution in [0.15, 0.2) is 71.6 Å². The molecule has 35 heavy (non-hydrogen) atoms. The summed E-state index contributed by atoms with van der Waals surface area (Å²) in [5.74, 6) is 0. The van der Waals surface area contributed by atoms with Crippen molar-refractivity contribution in [3.8, 4) is 26.7 Å². The van der Waals surface area contributed by atoms with Crippen molar-refractivity contribution < 1.29 is 8.42 Å². The first-order chi connectivity index (χ1) is 16.9. The molecule has 0 radical (unpaired) electrons. The van der Waals surface area contributed by atoms with Gasteiger partial charge in [0, 0.05) is 30.8 Å². The molecule has 1 N–H and O–H groups in total. The lowest BCUT2D eigenvalue weighted by Crippen LogP contribution is -2.27. The third-order valence-electron chi connectivity index (χ3n) is 6.06. The molecule has 2 aromatic heterocycles. The fraction of sp³-hybridized carbons (Fsp3) is 0.269. The topological polar surface area (TPSA) is 67.2 Å². The van der Waals surface area contributed by atoms with Crippen LogP contribution in [0.2, 0.25) is 5.02 Å². The van der Waals surface area contributed by atoms with Gasteiger partial charge in [0.15, 0.2) is 9.84 Å². The SMILES string of the molecule is CS(=O)(=O)c1cccc(-c2ccc(-c3cc(CN4CCCNCC4)nn3-c3ccccc3Cl)s2)c1. The molecule has 0 spiro atoms. The number of rotatable bonds is 6. The second-order valence-corrected chi connectivity index (χ2v) is 12.2. The lowest BCUT2D eigenvalue weighted by Gasteiger charge is -2.17. The Morgan fingerprint density at radius 3 is 2.66 bits per heavy atom. The fourth-order valence-electron chi connectivity index (χ4n) is 4.29. The molecule has 0 amide bonds. The molecule has 9 heteroatoms. The van der Waals surface area contributed by atoms with Gasteiger partial charge < -0.3 is 5.32 Å². The van der Waals surface area contributed by atoms with Crippen molar-refractivity contribution in [1.82, 2.24) is 20.0 Å². The average molecular weight is 527 g/mol. The minimum absolute atomic E-state index is 0.320. The van der Waals surface area contributed by atoms with E-state index in [-0.39, 0.29) is 0 Å². The molecule has 182 valence electrons. The molecule has 0 aliphatic carbocycles. The van der Waals surface area contributed by atoms with Crippen LogP contribution >= 0.6 is 22.9 Å². The molecule has 0 bridgehead atoms. The van der Waals surface area contributed by atoms with Crippen LogP contribution in [0.25, 0.3) is 26.7 Å². The summed E-state index contributed by atoms with van der Waals surface area (Å²) in [5, 5.41) is 9.06. The van der Waals surface area contributed by atoms with Gasteiger partial charge in [0.05, 0.1) is 31.9 Å². The second kappa shape index (κ2) is 10.2. The summed E-state index contributed by atoms with van der Waals surface area (Å²) in [6, 6.07) is 21.1. The number of nitrogens with one attached hydrogen (secondary N) is 1. The zero-order valence-corrected chi connectivity index (χ0v) is 21.8. The van der Waals surface area contributed by atoms with E-state index in [4.69, 9.17) is 16.7 Å². The van der Waals surface area contributed by atoms with Crippen LogP contribution < -0.4 is 5.32 Å². The fourth-order valence-corrected chi connectivity index (χ4v) is 6.18. The molecule has 0 unspecified atom stereocenters. The molecule has 3 heterocycles. The molecule has 1 aliphatic rings. The summed E-state index contributed by atoms with van der Waals surface area (Å²) >= 11 is 8.18. The standard InChI is InChI=1S/C26H27ClN4O2S2/c1-35(32,33)21-7-4-6-19(16-21)25-10-11-26(34-25)24-17-20(18-30-14-5-12-28-13-15-30)29-31(24)23-9-3-2-8-22(23)27/h2-4,6-11,16-17,28H,5,12-15,18H2,1H3. The number of hydrogen-bond donors (Lipinski definition) is 1. The van der Waals surface area contributed by atoms with Crippen molar-refractivity contribution in [2.24, 2.45) is 0 Å². The summed E-state index contributed by atoms with van der Waals surface area (Å²) in [6.45, 7) is 4.85. The Hall–Kier alpha value is -2.49. The molecule has 0 saturated carbocycles. The van der Waals surface area contributed by atoms with Gasteiger partial charge in [0.2, 0.25) is 0 Å². The van der Waals surface area contributed by atoms with Crippen molar-refractivity contribution >= 4 is 32.8 Å². The largest absolute Gasteiger partial charge is 0.315 e. The molecule has 1 fully saturated rings. The molecule has 4 aromatic rings. The lowest BCUT2D eigenvalue weighted by atomic mass is 10.2. The Morgan fingerprint density at radius 1 is 1.00 bits per heavy atom. The van der Waals surface area contributed by atoms with Gasteiger partial charge in [0.1, 0.15) is 0 Å². The van der Waals surface area contributed by atoms with Gasteiger partial charge in [0.25, 0.3) is 0 Å². The van der Waals surface area contributed by atoms with E-state index in [2.05, 4.69) is 22.3 Å². The first-order valence-corrected chi connectivity index (χ1v) is 14.6. The van der Waals surface area contributed by atoms with E-state index >= 15 is 0 Å². The highest BCUT2D eigenvalue weighted by molar-refractivity contribution is 7.90. The van der Waals surface area contributed by atoms with Crippen LogP contribution in [0.4, 0.5) is 0 Å². The van der Waals surface area contributed by atoms with E-state index in [1.807, 2.05) is 41.1 Å². The second-order valence-electron chi connectivity index (χ2n) is 8.73. The van der Waals surface area contributed by atoms with Crippen LogP contribution in [0.1, 0.15) is 12.1 Å². The maximum Gasteiger partial charge on any atom is 0.175 e. The van der Waals surface area contributed by atoms with Crippen molar-refractivity contribution in [2.75, 3.05) is 32.4 Å². The Labute approximate surface area is 215 Å². The van der Waals surface area contributed by atoms with Crippen LogP contribution in [0.3, 0.4) is 0 Å². The van der Waals surface area contributed by atoms with E-state index in [1.54, 1.807) is 29.5 Å². The first-order valence-electron chi connectivity index (χ1n) is 11.6. The van der Waals surface area contributed by atoms with E-state index < -0.39 is 9.84 Å². The van der Waals surface area contributed by atoms with Gasteiger partial charge in [-0.15, -0.1) is 11.3 Å². The van der Waals surface area contributed by atoms with Gasteiger partial charge in [-0.05, 0) is 67.5 Å². The normalized spacial score (nSPS) is 15.3. The van der Waals surface area contributed by atoms with E-state index in [0.29, 0.717) is 9.92 Å². The minimum Gasteiger partial charge on any atom is -0.315 e. The number of para-hydroxylation sites is 1. The summed E-state index contributed by atoms with van der Waals surface area (Å²) in [6.07, 6.45) is 2.36. The molecule has 1 saturated heterocycles. The first kappa shape index (κ1) is 24.2. The van der Waals surface area contributed by atoms with E-state index in [0.717, 1.165) is 71.5 Å². The third-order valence-corrected chi connectivity index (χ3v) is 8.65. The van der Waals surface area contributed by atoms with Crippen LogP contribution in [-0.4, -0.2) is 55.5 Å². The number of sulfone groups is 1. The number of benzene rings is 2. The van der Waals surface area contributed by atoms with Crippen LogP contribution in [0, 0.1) is 0 Å². The molecule has 1 aliphatic heterocycles. The monoisotopic (exact) mass is 526 g/mol. The number of aromatic nitrogens is 2. The van der Waals surface area contributed by atoms with Crippen molar-refractivity contribution in [3.63, 3.8) is 0 Å². The Balaban J connectivity index is 1.53. The van der Waals surface area contributed by atoms with Gasteiger partial charge in [-0.3, -0.25) is 4.90 Å². The van der Waals surface area contributed by atoms with Gasteiger partial charge in [-0.2, -0.15) is 5.10 Å². The molecule has 0 atom stereocenters. The molecule has 2 aromatic carbocycles. The Morgan fingerprint density at radius 2 is 1.83 bits per heavy atom. The summed E-state index contributed by atoms with van der Waals surface area (Å²) in [7, 11) is -3.27. The summed E-state index contributed by atoms with van der Waals surface area (Å²) in [5.41, 5.74) is 3.68. The number of nitrogens with zero attached hydrogens (tertiary/aromatic N) is 3. The van der Waals surface area contributed by atoms with Gasteiger partial charge in [-0.1, -0.05) is 35.9 Å². The zero-order valence-electron chi connectivity index (χ0n) is 19.4. The number of halogens is 1. The Bertz CT molecular complexity index is 1440. The van der Waals surface area contributed by atoms with Crippen molar-refractivity contribution in [3.05, 3.63) is 77.4 Å². The highest BCUT2D eigenvalue weighted by atomic mass is 35.5. The smallest absolute Gasteiger partial charge is 0.175 e. The maximum absolute atomic E-state index is 12.0. The molecule has 6 nitrogen and oxygen atoms in total. The van der Waals surface area contributed by atoms with Crippen LogP contribution in [0.5, 0.6) is 0 Å². The minimum atomic E-state index is -3.27. The summed E-state index contributed by atoms with van der Waals surface area (Å²) in [4.78, 5) is 4.79. The van der Waals surface area contributed by atoms with Crippen molar-refractivity contribution in [2.45, 2.75) is 17.9 Å². The third kappa shape index (κ3) is 5.52. The number of hydrogen-bond acceptors (Lipinski definition) is 6. The predicted molar refractivity (Wildman–Crippen MR) is 143 cm³/mol. The lowest BCUT2D eigenvalue weighted by molar-refractivity contribution is 0.280. The Kier molecular flexibility index (Phi) is 7.09. The predicted octanol–water partition coefficient (Wildman–Crippen LogP) is 5.12. The van der Waals surface area contributed by atoms with Gasteiger partial charge >= 0.3 is 0 Å². The van der Waals surface area contributed by atoms with E-state index in [1.165, 1.54) is 6.26 Å². The highest BCUT2D eigenvalue weighted by Gasteiger charge is 2.19.